The fraction of sp³-hybridized carbons (Fsp3) is 0.455. The SMILES string of the molecule is C[C@@H]1CN(CC(=O)N2CCc3cnc(Cc4ccccc4)cc32)[C@@H](CF)CN1. The molecule has 0 unspecified atom stereocenters. The molecule has 4 rings (SSSR count). The molecule has 148 valence electrons. The highest BCUT2D eigenvalue weighted by Crippen LogP contribution is 2.29. The maximum Gasteiger partial charge on any atom is 0.241 e. The minimum Gasteiger partial charge on any atom is -0.311 e. The number of nitrogens with one attached hydrogen (secondary N) is 1. The zero-order chi connectivity index (χ0) is 19.5. The summed E-state index contributed by atoms with van der Waals surface area (Å²) in [5.41, 5.74) is 4.24. The third kappa shape index (κ3) is 4.08. The van der Waals surface area contributed by atoms with E-state index in [1.807, 2.05) is 40.3 Å². The third-order valence-electron chi connectivity index (χ3n) is 5.69. The van der Waals surface area contributed by atoms with Gasteiger partial charge in [0.15, 0.2) is 0 Å². The molecule has 1 N–H and O–H groups in total. The van der Waals surface area contributed by atoms with E-state index in [0.717, 1.165) is 29.8 Å². The van der Waals surface area contributed by atoms with Crippen LogP contribution in [0.5, 0.6) is 0 Å². The van der Waals surface area contributed by atoms with Crippen molar-refractivity contribution in [2.24, 2.45) is 0 Å². The van der Waals surface area contributed by atoms with Crippen LogP contribution in [0.1, 0.15) is 23.7 Å². The lowest BCUT2D eigenvalue weighted by molar-refractivity contribution is -0.120. The lowest BCUT2D eigenvalue weighted by Crippen LogP contribution is -2.58. The Morgan fingerprint density at radius 3 is 2.93 bits per heavy atom. The van der Waals surface area contributed by atoms with Gasteiger partial charge in [-0.15, -0.1) is 0 Å². The molecule has 2 aliphatic heterocycles. The van der Waals surface area contributed by atoms with Crippen molar-refractivity contribution >= 4 is 11.6 Å². The normalized spacial score (nSPS) is 22.3. The average molecular weight is 382 g/mol. The number of pyridine rings is 1. The number of carbonyl (C=O) groups is 1. The molecule has 1 amide bonds. The molecular formula is C22H27FN4O. The number of fused-ring (bicyclic) bond motifs is 1. The van der Waals surface area contributed by atoms with Gasteiger partial charge in [-0.1, -0.05) is 30.3 Å². The van der Waals surface area contributed by atoms with Crippen LogP contribution in [-0.4, -0.2) is 60.7 Å². The Balaban J connectivity index is 1.48. The fourth-order valence-electron chi connectivity index (χ4n) is 4.11. The Labute approximate surface area is 165 Å². The number of benzene rings is 1. The molecule has 2 aliphatic rings. The fourth-order valence-corrected chi connectivity index (χ4v) is 4.11. The molecule has 5 nitrogen and oxygen atoms in total. The number of nitrogens with zero attached hydrogens (tertiary/aromatic N) is 3. The molecule has 0 spiro atoms. The van der Waals surface area contributed by atoms with E-state index in [-0.39, 0.29) is 24.5 Å². The zero-order valence-electron chi connectivity index (χ0n) is 16.3. The number of halogens is 1. The summed E-state index contributed by atoms with van der Waals surface area (Å²) in [4.78, 5) is 21.5. The van der Waals surface area contributed by atoms with E-state index in [1.54, 1.807) is 0 Å². The first-order chi connectivity index (χ1) is 13.6. The zero-order valence-corrected chi connectivity index (χ0v) is 16.3. The Morgan fingerprint density at radius 2 is 2.14 bits per heavy atom. The summed E-state index contributed by atoms with van der Waals surface area (Å²) in [5.74, 6) is 0.0446. The van der Waals surface area contributed by atoms with Crippen molar-refractivity contribution in [3.05, 3.63) is 59.4 Å². The van der Waals surface area contributed by atoms with E-state index in [0.29, 0.717) is 19.6 Å². The molecule has 0 saturated carbocycles. The number of anilines is 1. The predicted octanol–water partition coefficient (Wildman–Crippen LogP) is 2.19. The molecule has 2 atom stereocenters. The monoisotopic (exact) mass is 382 g/mol. The van der Waals surface area contributed by atoms with Crippen molar-refractivity contribution in [2.45, 2.75) is 31.8 Å². The molecule has 3 heterocycles. The topological polar surface area (TPSA) is 48.5 Å². The van der Waals surface area contributed by atoms with Crippen LogP contribution in [0, 0.1) is 0 Å². The van der Waals surface area contributed by atoms with E-state index < -0.39 is 6.67 Å². The van der Waals surface area contributed by atoms with Gasteiger partial charge in [-0.3, -0.25) is 14.7 Å². The van der Waals surface area contributed by atoms with Crippen molar-refractivity contribution < 1.29 is 9.18 Å². The molecule has 1 aromatic carbocycles. The summed E-state index contributed by atoms with van der Waals surface area (Å²) in [7, 11) is 0. The van der Waals surface area contributed by atoms with Gasteiger partial charge in [-0.25, -0.2) is 4.39 Å². The maximum atomic E-state index is 13.4. The number of alkyl halides is 1. The minimum atomic E-state index is -0.436. The van der Waals surface area contributed by atoms with Gasteiger partial charge in [0, 0.05) is 44.0 Å². The van der Waals surface area contributed by atoms with Crippen LogP contribution in [0.15, 0.2) is 42.6 Å². The largest absolute Gasteiger partial charge is 0.311 e. The Kier molecular flexibility index (Phi) is 5.69. The second-order valence-electron chi connectivity index (χ2n) is 7.81. The van der Waals surface area contributed by atoms with Crippen molar-refractivity contribution in [2.75, 3.05) is 37.8 Å². The van der Waals surface area contributed by atoms with E-state index in [9.17, 15) is 9.18 Å². The predicted molar refractivity (Wildman–Crippen MR) is 108 cm³/mol. The van der Waals surface area contributed by atoms with Crippen LogP contribution in [0.2, 0.25) is 0 Å². The summed E-state index contributed by atoms with van der Waals surface area (Å²) in [5, 5.41) is 3.29. The Bertz CT molecular complexity index is 829. The smallest absolute Gasteiger partial charge is 0.241 e. The molecule has 6 heteroatoms. The molecule has 0 bridgehead atoms. The van der Waals surface area contributed by atoms with Crippen molar-refractivity contribution in [1.82, 2.24) is 15.2 Å². The number of aromatic nitrogens is 1. The van der Waals surface area contributed by atoms with Gasteiger partial charge < -0.3 is 10.2 Å². The quantitative estimate of drug-likeness (QED) is 0.861. The molecule has 2 aromatic rings. The summed E-state index contributed by atoms with van der Waals surface area (Å²) < 4.78 is 13.4. The van der Waals surface area contributed by atoms with Gasteiger partial charge >= 0.3 is 0 Å². The van der Waals surface area contributed by atoms with E-state index in [2.05, 4.69) is 29.4 Å². The first kappa shape index (κ1) is 19.0. The van der Waals surface area contributed by atoms with Crippen LogP contribution in [0.3, 0.4) is 0 Å². The van der Waals surface area contributed by atoms with E-state index in [1.165, 1.54) is 5.56 Å². The number of piperazine rings is 1. The van der Waals surface area contributed by atoms with Gasteiger partial charge in [-0.2, -0.15) is 0 Å². The Morgan fingerprint density at radius 1 is 1.32 bits per heavy atom. The highest BCUT2D eigenvalue weighted by atomic mass is 19.1. The van der Waals surface area contributed by atoms with Crippen LogP contribution >= 0.6 is 0 Å². The summed E-state index contributed by atoms with van der Waals surface area (Å²) >= 11 is 0. The number of amides is 1. The van der Waals surface area contributed by atoms with E-state index in [4.69, 9.17) is 0 Å². The highest BCUT2D eigenvalue weighted by Gasteiger charge is 2.31. The van der Waals surface area contributed by atoms with Crippen LogP contribution in [0.4, 0.5) is 10.1 Å². The van der Waals surface area contributed by atoms with Crippen molar-refractivity contribution in [3.8, 4) is 0 Å². The van der Waals surface area contributed by atoms with Crippen molar-refractivity contribution in [1.29, 1.82) is 0 Å². The van der Waals surface area contributed by atoms with Gasteiger partial charge in [-0.05, 0) is 30.5 Å². The first-order valence-electron chi connectivity index (χ1n) is 9.99. The van der Waals surface area contributed by atoms with Crippen LogP contribution in [-0.2, 0) is 17.6 Å². The first-order valence-corrected chi connectivity index (χ1v) is 9.99. The van der Waals surface area contributed by atoms with E-state index >= 15 is 0 Å². The number of hydrogen-bond acceptors (Lipinski definition) is 4. The molecule has 1 fully saturated rings. The standard InChI is InChI=1S/C22H27FN4O/c1-16-14-26(20(11-23)13-24-16)15-22(28)27-8-7-18-12-25-19(10-21(18)27)9-17-5-3-2-4-6-17/h2-6,10,12,16,20,24H,7-9,11,13-15H2,1H3/t16-,20+/m1/s1. The van der Waals surface area contributed by atoms with Crippen LogP contribution in [0.25, 0.3) is 0 Å². The van der Waals surface area contributed by atoms with Gasteiger partial charge in [0.05, 0.1) is 18.3 Å². The number of hydrogen-bond donors (Lipinski definition) is 1. The third-order valence-corrected chi connectivity index (χ3v) is 5.69. The summed E-state index contributed by atoms with van der Waals surface area (Å²) in [6.07, 6.45) is 3.47. The second-order valence-corrected chi connectivity index (χ2v) is 7.81. The number of carbonyl (C=O) groups excluding carboxylic acids is 1. The van der Waals surface area contributed by atoms with Gasteiger partial charge in [0.25, 0.3) is 0 Å². The molecule has 0 radical (unpaired) electrons. The number of rotatable bonds is 5. The molecular weight excluding hydrogens is 355 g/mol. The minimum absolute atomic E-state index is 0.0446. The second kappa shape index (κ2) is 8.37. The summed E-state index contributed by atoms with van der Waals surface area (Å²) in [6.45, 7) is 3.85. The summed E-state index contributed by atoms with van der Waals surface area (Å²) in [6, 6.07) is 12.3. The molecule has 1 saturated heterocycles. The molecule has 1 aromatic heterocycles. The van der Waals surface area contributed by atoms with Crippen molar-refractivity contribution in [3.63, 3.8) is 0 Å². The highest BCUT2D eigenvalue weighted by molar-refractivity contribution is 5.96. The lowest BCUT2D eigenvalue weighted by atomic mass is 10.1. The van der Waals surface area contributed by atoms with Gasteiger partial charge in [0.2, 0.25) is 5.91 Å². The van der Waals surface area contributed by atoms with Crippen LogP contribution < -0.4 is 10.2 Å². The maximum absolute atomic E-state index is 13.4. The molecule has 28 heavy (non-hydrogen) atoms. The van der Waals surface area contributed by atoms with Gasteiger partial charge in [0.1, 0.15) is 6.67 Å². The average Bonchev–Trinajstić information content (AvgIpc) is 3.12. The lowest BCUT2D eigenvalue weighted by Gasteiger charge is -2.38. The molecule has 0 aliphatic carbocycles. The Hall–Kier alpha value is -2.31.